The number of aryl methyl sites for hydroxylation is 1. The zero-order valence-corrected chi connectivity index (χ0v) is 13.8. The molecule has 0 radical (unpaired) electrons. The van der Waals surface area contributed by atoms with Crippen LogP contribution in [-0.2, 0) is 10.0 Å². The van der Waals surface area contributed by atoms with Crippen LogP contribution in [0.15, 0.2) is 41.6 Å². The first-order chi connectivity index (χ1) is 11.1. The summed E-state index contributed by atoms with van der Waals surface area (Å²) >= 11 is 0. The molecule has 142 valence electrons. The summed E-state index contributed by atoms with van der Waals surface area (Å²) in [7, 11) is -4.22. The molecule has 1 rings (SSSR count). The van der Waals surface area contributed by atoms with Crippen molar-refractivity contribution in [2.24, 2.45) is 0 Å². The molecule has 0 heterocycles. The second kappa shape index (κ2) is 6.75. The maximum Gasteiger partial charge on any atom is 0.420 e. The van der Waals surface area contributed by atoms with E-state index >= 15 is 0 Å². The number of hydrazine groups is 1. The summed E-state index contributed by atoms with van der Waals surface area (Å²) < 4.78 is 100. The fourth-order valence-corrected chi connectivity index (χ4v) is 2.41. The van der Waals surface area contributed by atoms with Gasteiger partial charge in [0.2, 0.25) is 5.54 Å². The van der Waals surface area contributed by atoms with Gasteiger partial charge in [0, 0.05) is 0 Å². The molecule has 0 aliphatic rings. The van der Waals surface area contributed by atoms with Gasteiger partial charge in [0.1, 0.15) is 5.82 Å². The van der Waals surface area contributed by atoms with Crippen molar-refractivity contribution < 1.29 is 34.8 Å². The quantitative estimate of drug-likeness (QED) is 0.515. The smallest absolute Gasteiger partial charge is 0.350 e. The van der Waals surface area contributed by atoms with E-state index in [1.807, 2.05) is 0 Å². The lowest BCUT2D eigenvalue weighted by atomic mass is 10.0. The SMILES string of the molecule is C=C(NNS(=O)(=O)c1ccc(C)cc1)NC(C)(C(F)(F)F)C(F)(F)F. The number of benzene rings is 1. The number of hydrogen-bond donors (Lipinski definition) is 3. The number of sulfonamides is 1. The van der Waals surface area contributed by atoms with Crippen molar-refractivity contribution in [3.8, 4) is 0 Å². The highest BCUT2D eigenvalue weighted by Crippen LogP contribution is 2.42. The van der Waals surface area contributed by atoms with Gasteiger partial charge in [-0.2, -0.15) is 26.3 Å². The number of halogens is 6. The molecule has 0 spiro atoms. The van der Waals surface area contributed by atoms with Crippen LogP contribution in [0.5, 0.6) is 0 Å². The molecule has 0 aliphatic carbocycles. The highest BCUT2D eigenvalue weighted by atomic mass is 32.2. The van der Waals surface area contributed by atoms with E-state index in [1.165, 1.54) is 24.3 Å². The van der Waals surface area contributed by atoms with Crippen molar-refractivity contribution in [3.63, 3.8) is 0 Å². The van der Waals surface area contributed by atoms with Crippen molar-refractivity contribution in [1.82, 2.24) is 15.6 Å². The van der Waals surface area contributed by atoms with Gasteiger partial charge in [-0.15, -0.1) is 4.83 Å². The van der Waals surface area contributed by atoms with Crippen molar-refractivity contribution in [1.29, 1.82) is 0 Å². The lowest BCUT2D eigenvalue weighted by Crippen LogP contribution is -2.65. The van der Waals surface area contributed by atoms with E-state index in [4.69, 9.17) is 0 Å². The Balaban J connectivity index is 2.87. The highest BCUT2D eigenvalue weighted by molar-refractivity contribution is 7.89. The molecule has 25 heavy (non-hydrogen) atoms. The molecule has 12 heteroatoms. The number of hydrogen-bond acceptors (Lipinski definition) is 4. The molecule has 3 N–H and O–H groups in total. The minimum atomic E-state index is -5.70. The van der Waals surface area contributed by atoms with E-state index in [0.717, 1.165) is 10.9 Å². The molecular formula is C13H15F6N3O2S. The van der Waals surface area contributed by atoms with Crippen molar-refractivity contribution in [2.45, 2.75) is 36.6 Å². The third-order valence-corrected chi connectivity index (χ3v) is 4.47. The Kier molecular flexibility index (Phi) is 5.69. The van der Waals surface area contributed by atoms with Crippen molar-refractivity contribution in [3.05, 3.63) is 42.2 Å². The van der Waals surface area contributed by atoms with Gasteiger partial charge in [0.25, 0.3) is 10.0 Å². The molecule has 0 aromatic heterocycles. The zero-order chi connectivity index (χ0) is 19.7. The highest BCUT2D eigenvalue weighted by Gasteiger charge is 2.68. The third-order valence-electron chi connectivity index (χ3n) is 3.20. The van der Waals surface area contributed by atoms with Gasteiger partial charge in [-0.1, -0.05) is 24.3 Å². The average Bonchev–Trinajstić information content (AvgIpc) is 2.43. The fraction of sp³-hybridized carbons (Fsp3) is 0.385. The molecule has 0 unspecified atom stereocenters. The molecular weight excluding hydrogens is 376 g/mol. The summed E-state index contributed by atoms with van der Waals surface area (Å²) in [5.74, 6) is -1.03. The monoisotopic (exact) mass is 391 g/mol. The summed E-state index contributed by atoms with van der Waals surface area (Å²) in [6, 6.07) is 5.36. The topological polar surface area (TPSA) is 70.2 Å². The van der Waals surface area contributed by atoms with Crippen LogP contribution in [0.2, 0.25) is 0 Å². The van der Waals surface area contributed by atoms with E-state index in [0.29, 0.717) is 0 Å². The predicted octanol–water partition coefficient (Wildman–Crippen LogP) is 2.72. The van der Waals surface area contributed by atoms with Gasteiger partial charge in [-0.05, 0) is 26.0 Å². The van der Waals surface area contributed by atoms with E-state index in [2.05, 4.69) is 6.58 Å². The Morgan fingerprint density at radius 1 is 1.00 bits per heavy atom. The van der Waals surface area contributed by atoms with Crippen LogP contribution in [0.4, 0.5) is 26.3 Å². The Labute approximate surface area is 140 Å². The van der Waals surface area contributed by atoms with Crippen LogP contribution in [0.3, 0.4) is 0 Å². The zero-order valence-electron chi connectivity index (χ0n) is 13.0. The van der Waals surface area contributed by atoms with Crippen LogP contribution in [0.1, 0.15) is 12.5 Å². The van der Waals surface area contributed by atoms with Crippen LogP contribution in [-0.4, -0.2) is 26.3 Å². The molecule has 1 aromatic carbocycles. The van der Waals surface area contributed by atoms with Crippen LogP contribution < -0.4 is 15.6 Å². The van der Waals surface area contributed by atoms with Gasteiger partial charge in [0.05, 0.1) is 4.90 Å². The van der Waals surface area contributed by atoms with Crippen molar-refractivity contribution in [2.75, 3.05) is 0 Å². The van der Waals surface area contributed by atoms with E-state index in [9.17, 15) is 34.8 Å². The Bertz CT molecular complexity index is 712. The summed E-state index contributed by atoms with van der Waals surface area (Å²) in [4.78, 5) is 1.40. The summed E-state index contributed by atoms with van der Waals surface area (Å²) in [6.45, 7) is 4.50. The molecule has 0 bridgehead atoms. The molecule has 0 aliphatic heterocycles. The minimum Gasteiger partial charge on any atom is -0.350 e. The second-order valence-electron chi connectivity index (χ2n) is 5.27. The molecule has 0 amide bonds. The predicted molar refractivity (Wildman–Crippen MR) is 77.4 cm³/mol. The summed E-state index contributed by atoms with van der Waals surface area (Å²) in [6.07, 6.45) is -11.4. The minimum absolute atomic E-state index is 0.131. The van der Waals surface area contributed by atoms with E-state index in [1.54, 1.807) is 17.2 Å². The number of rotatable bonds is 6. The maximum atomic E-state index is 12.7. The van der Waals surface area contributed by atoms with E-state index in [-0.39, 0.29) is 11.8 Å². The Hall–Kier alpha value is -1.95. The summed E-state index contributed by atoms with van der Waals surface area (Å²) in [5, 5.41) is 1.12. The van der Waals surface area contributed by atoms with E-state index < -0.39 is 33.7 Å². The maximum absolute atomic E-state index is 12.7. The first-order valence-corrected chi connectivity index (χ1v) is 8.03. The molecule has 0 atom stereocenters. The largest absolute Gasteiger partial charge is 0.420 e. The van der Waals surface area contributed by atoms with Gasteiger partial charge < -0.3 is 5.32 Å². The Morgan fingerprint density at radius 2 is 1.44 bits per heavy atom. The van der Waals surface area contributed by atoms with Gasteiger partial charge in [0.15, 0.2) is 0 Å². The van der Waals surface area contributed by atoms with Crippen LogP contribution in [0.25, 0.3) is 0 Å². The van der Waals surface area contributed by atoms with Gasteiger partial charge >= 0.3 is 12.4 Å². The normalized spacial score (nSPS) is 13.4. The molecule has 5 nitrogen and oxygen atoms in total. The summed E-state index contributed by atoms with van der Waals surface area (Å²) in [5.41, 5.74) is -1.87. The molecule has 0 saturated carbocycles. The van der Waals surface area contributed by atoms with Crippen LogP contribution in [0, 0.1) is 6.92 Å². The number of nitrogens with one attached hydrogen (secondary N) is 3. The first kappa shape index (κ1) is 21.1. The Morgan fingerprint density at radius 3 is 1.84 bits per heavy atom. The number of alkyl halides is 6. The van der Waals surface area contributed by atoms with Gasteiger partial charge in [-0.25, -0.2) is 8.42 Å². The molecule has 1 aromatic rings. The lowest BCUT2D eigenvalue weighted by molar-refractivity contribution is -0.299. The van der Waals surface area contributed by atoms with Crippen LogP contribution >= 0.6 is 0 Å². The second-order valence-corrected chi connectivity index (χ2v) is 6.95. The third kappa shape index (κ3) is 4.78. The first-order valence-electron chi connectivity index (χ1n) is 6.55. The molecule has 0 saturated heterocycles. The standard InChI is InChI=1S/C13H15F6N3O2S/c1-8-4-6-10(7-5-8)25(23,24)22-21-9(2)20-11(3,12(14,15)16)13(17,18)19/h4-7,20-22H,2H2,1,3H3. The van der Waals surface area contributed by atoms with Gasteiger partial charge in [-0.3, -0.25) is 5.43 Å². The average molecular weight is 391 g/mol. The molecule has 0 fully saturated rings. The van der Waals surface area contributed by atoms with Crippen molar-refractivity contribution >= 4 is 10.0 Å². The fourth-order valence-electron chi connectivity index (χ4n) is 1.54. The lowest BCUT2D eigenvalue weighted by Gasteiger charge is -2.36.